The maximum Gasteiger partial charge on any atom is 0.0865 e. The molecule has 0 spiro atoms. The zero-order chi connectivity index (χ0) is 25.8. The number of nitrogens with zero attached hydrogens (tertiary/aromatic N) is 4. The van der Waals surface area contributed by atoms with Gasteiger partial charge in [-0.1, -0.05) is 45.4 Å². The third kappa shape index (κ3) is 4.93. The molecule has 1 aromatic heterocycles. The summed E-state index contributed by atoms with van der Waals surface area (Å²) in [5, 5.41) is 1.20. The van der Waals surface area contributed by atoms with Crippen LogP contribution in [0.3, 0.4) is 0 Å². The van der Waals surface area contributed by atoms with Crippen molar-refractivity contribution in [1.29, 1.82) is 0 Å². The second kappa shape index (κ2) is 11.1. The van der Waals surface area contributed by atoms with Gasteiger partial charge in [0.25, 0.3) is 0 Å². The zero-order valence-electron chi connectivity index (χ0n) is 22.5. The van der Waals surface area contributed by atoms with E-state index in [9.17, 15) is 0 Å². The van der Waals surface area contributed by atoms with Crippen LogP contribution < -0.4 is 4.90 Å². The van der Waals surface area contributed by atoms with Crippen molar-refractivity contribution in [2.75, 3.05) is 25.0 Å². The molecule has 2 aromatic carbocycles. The number of hydrogen-bond donors (Lipinski definition) is 0. The van der Waals surface area contributed by atoms with Gasteiger partial charge in [0.1, 0.15) is 0 Å². The van der Waals surface area contributed by atoms with Crippen molar-refractivity contribution in [2.45, 2.75) is 59.5 Å². The summed E-state index contributed by atoms with van der Waals surface area (Å²) in [6, 6.07) is 13.0. The molecule has 1 fully saturated rings. The first-order valence-corrected chi connectivity index (χ1v) is 13.3. The first-order chi connectivity index (χ1) is 17.4. The average molecular weight is 481 g/mol. The minimum Gasteiger partial charge on any atom is -0.371 e. The maximum absolute atomic E-state index is 5.85. The van der Waals surface area contributed by atoms with Crippen LogP contribution in [0.4, 0.5) is 11.4 Å². The number of terminal acetylenes is 1. The van der Waals surface area contributed by atoms with E-state index < -0.39 is 0 Å². The Morgan fingerprint density at radius 1 is 1.25 bits per heavy atom. The first kappa shape index (κ1) is 25.6. The Balaban J connectivity index is 1.71. The molecule has 0 radical (unpaired) electrons. The summed E-state index contributed by atoms with van der Waals surface area (Å²) in [5.41, 5.74) is 8.94. The third-order valence-electron chi connectivity index (χ3n) is 7.48. The maximum atomic E-state index is 5.85. The lowest BCUT2D eigenvalue weighted by molar-refractivity contribution is 0.261. The molecule has 0 unspecified atom stereocenters. The van der Waals surface area contributed by atoms with Gasteiger partial charge in [-0.25, -0.2) is 0 Å². The summed E-state index contributed by atoms with van der Waals surface area (Å²) in [6.45, 7) is 19.0. The Morgan fingerprint density at radius 3 is 2.72 bits per heavy atom. The van der Waals surface area contributed by atoms with Crippen LogP contribution in [0.5, 0.6) is 0 Å². The van der Waals surface area contributed by atoms with Gasteiger partial charge < -0.3 is 14.4 Å². The molecule has 0 N–H and O–H groups in total. The standard InChI is InChI=1S/C32H40N4/c1-8-16-36-29(19-27-15-11-14-25(9-2)31(27)36)22-34(7)32-26(10-3)18-28(20-30(32)33-6)24(5)35-17-12-13-23(4)21-35/h2,11,14-15,18-20,23H,5-6,8,10,12-13,16-17,21-22H2,1,3-4,7H3/t23-/m0/s1. The fourth-order valence-corrected chi connectivity index (χ4v) is 5.72. The molecule has 0 aliphatic carbocycles. The molecule has 188 valence electrons. The minimum absolute atomic E-state index is 0.702. The molecule has 4 nitrogen and oxygen atoms in total. The number of fused-ring (bicyclic) bond motifs is 1. The number of benzene rings is 2. The molecular weight excluding hydrogens is 440 g/mol. The highest BCUT2D eigenvalue weighted by Crippen LogP contribution is 2.38. The molecule has 1 atom stereocenters. The number of piperidine rings is 1. The van der Waals surface area contributed by atoms with Crippen molar-refractivity contribution in [3.05, 3.63) is 65.4 Å². The van der Waals surface area contributed by atoms with E-state index >= 15 is 0 Å². The topological polar surface area (TPSA) is 23.8 Å². The summed E-state index contributed by atoms with van der Waals surface area (Å²) < 4.78 is 2.39. The molecule has 0 bridgehead atoms. The van der Waals surface area contributed by atoms with Gasteiger partial charge in [0.2, 0.25) is 0 Å². The normalized spacial score (nSPS) is 15.6. The van der Waals surface area contributed by atoms with Gasteiger partial charge in [-0.2, -0.15) is 0 Å². The van der Waals surface area contributed by atoms with Crippen LogP contribution in [-0.4, -0.2) is 36.3 Å². The lowest BCUT2D eigenvalue weighted by Crippen LogP contribution is -2.32. The number of rotatable bonds is 9. The van der Waals surface area contributed by atoms with Gasteiger partial charge in [-0.15, -0.1) is 6.42 Å². The minimum atomic E-state index is 0.702. The van der Waals surface area contributed by atoms with E-state index in [1.54, 1.807) is 0 Å². The van der Waals surface area contributed by atoms with Crippen LogP contribution in [0.25, 0.3) is 16.6 Å². The van der Waals surface area contributed by atoms with E-state index in [1.165, 1.54) is 29.5 Å². The predicted molar refractivity (Wildman–Crippen MR) is 156 cm³/mol. The van der Waals surface area contributed by atoms with E-state index in [4.69, 9.17) is 6.42 Å². The number of aromatic nitrogens is 1. The van der Waals surface area contributed by atoms with Crippen molar-refractivity contribution < 1.29 is 0 Å². The highest BCUT2D eigenvalue weighted by atomic mass is 15.2. The van der Waals surface area contributed by atoms with Gasteiger partial charge in [-0.3, -0.25) is 4.99 Å². The number of hydrogen-bond acceptors (Lipinski definition) is 3. The van der Waals surface area contributed by atoms with Gasteiger partial charge in [-0.05, 0) is 73.7 Å². The largest absolute Gasteiger partial charge is 0.371 e. The van der Waals surface area contributed by atoms with Crippen LogP contribution in [0.2, 0.25) is 0 Å². The molecule has 4 heteroatoms. The van der Waals surface area contributed by atoms with Gasteiger partial charge >= 0.3 is 0 Å². The predicted octanol–water partition coefficient (Wildman–Crippen LogP) is 7.27. The van der Waals surface area contributed by atoms with Gasteiger partial charge in [0.15, 0.2) is 0 Å². The summed E-state index contributed by atoms with van der Waals surface area (Å²) >= 11 is 0. The molecule has 0 amide bonds. The Morgan fingerprint density at radius 2 is 2.06 bits per heavy atom. The number of likely N-dealkylation sites (tertiary alicyclic amines) is 1. The Labute approximate surface area is 217 Å². The second-order valence-electron chi connectivity index (χ2n) is 10.2. The van der Waals surface area contributed by atoms with E-state index in [1.807, 2.05) is 12.1 Å². The summed E-state index contributed by atoms with van der Waals surface area (Å²) in [7, 11) is 2.15. The highest BCUT2D eigenvalue weighted by Gasteiger charge is 2.22. The van der Waals surface area contributed by atoms with Crippen LogP contribution in [-0.2, 0) is 19.5 Å². The molecule has 1 aliphatic heterocycles. The van der Waals surface area contributed by atoms with E-state index in [2.05, 4.69) is 90.7 Å². The number of anilines is 1. The van der Waals surface area contributed by atoms with E-state index in [0.29, 0.717) is 5.92 Å². The number of aliphatic imine (C=N–C) groups is 1. The molecule has 1 saturated heterocycles. The molecule has 0 saturated carbocycles. The second-order valence-corrected chi connectivity index (χ2v) is 10.2. The van der Waals surface area contributed by atoms with Crippen LogP contribution in [0, 0.1) is 18.3 Å². The smallest absolute Gasteiger partial charge is 0.0865 e. The summed E-state index contributed by atoms with van der Waals surface area (Å²) in [4.78, 5) is 9.24. The van der Waals surface area contributed by atoms with Gasteiger partial charge in [0.05, 0.1) is 23.4 Å². The highest BCUT2D eigenvalue weighted by molar-refractivity contribution is 5.87. The fourth-order valence-electron chi connectivity index (χ4n) is 5.72. The quantitative estimate of drug-likeness (QED) is 0.238. The molecule has 3 aromatic rings. The van der Waals surface area contributed by atoms with Crippen molar-refractivity contribution in [3.63, 3.8) is 0 Å². The monoisotopic (exact) mass is 480 g/mol. The molecule has 36 heavy (non-hydrogen) atoms. The van der Waals surface area contributed by atoms with Crippen LogP contribution in [0.15, 0.2) is 48.0 Å². The molecule has 2 heterocycles. The first-order valence-electron chi connectivity index (χ1n) is 13.3. The third-order valence-corrected chi connectivity index (χ3v) is 7.48. The van der Waals surface area contributed by atoms with Crippen LogP contribution in [0.1, 0.15) is 62.4 Å². The van der Waals surface area contributed by atoms with Crippen molar-refractivity contribution in [3.8, 4) is 12.3 Å². The van der Waals surface area contributed by atoms with Gasteiger partial charge in [0, 0.05) is 49.0 Å². The Kier molecular flexibility index (Phi) is 7.89. The lowest BCUT2D eigenvalue weighted by Gasteiger charge is -2.35. The summed E-state index contributed by atoms with van der Waals surface area (Å²) in [6.07, 6.45) is 10.3. The average Bonchev–Trinajstić information content (AvgIpc) is 3.24. The molecule has 1 aliphatic rings. The molecular formula is C32H40N4. The van der Waals surface area contributed by atoms with Crippen molar-refractivity contribution >= 4 is 34.7 Å². The fraction of sp³-hybridized carbons (Fsp3) is 0.406. The number of aryl methyl sites for hydroxylation is 2. The Bertz CT molecular complexity index is 1310. The number of para-hydroxylation sites is 1. The lowest BCUT2D eigenvalue weighted by atomic mass is 9.97. The van der Waals surface area contributed by atoms with Crippen LogP contribution >= 0.6 is 0 Å². The zero-order valence-corrected chi connectivity index (χ0v) is 22.5. The SMILES string of the molecule is C#Cc1cccc2cc(CN(C)c3c(CC)cc(C(=C)N4CCC[C@H](C)C4)cc3N=C)n(CCC)c12. The van der Waals surface area contributed by atoms with Crippen molar-refractivity contribution in [1.82, 2.24) is 9.47 Å². The summed E-state index contributed by atoms with van der Waals surface area (Å²) in [5.74, 6) is 3.58. The Hall–Kier alpha value is -3.45. The van der Waals surface area contributed by atoms with E-state index in [0.717, 1.165) is 72.7 Å². The van der Waals surface area contributed by atoms with E-state index in [-0.39, 0.29) is 0 Å². The molecule has 4 rings (SSSR count). The van der Waals surface area contributed by atoms with Crippen molar-refractivity contribution in [2.24, 2.45) is 10.9 Å².